The average Bonchev–Trinajstić information content (AvgIpc) is 3.20. The van der Waals surface area contributed by atoms with Crippen LogP contribution in [0.5, 0.6) is 11.5 Å². The standard InChI is InChI=1S/C21H25NO6S/c1-26-18-11-7-17(8-12-18)21(23)22(15-20-4-3-13-27-20)14-16-5-9-19(10-6-16)28-29(2,24)25/h5-12,20H,3-4,13-15H2,1-2H3/t20-/m0/s1. The van der Waals surface area contributed by atoms with Crippen LogP contribution in [-0.2, 0) is 21.4 Å². The smallest absolute Gasteiger partial charge is 0.306 e. The first-order valence-corrected chi connectivity index (χ1v) is 11.2. The monoisotopic (exact) mass is 419 g/mol. The Labute approximate surface area is 171 Å². The molecule has 0 spiro atoms. The molecule has 0 unspecified atom stereocenters. The summed E-state index contributed by atoms with van der Waals surface area (Å²) in [5.41, 5.74) is 1.44. The van der Waals surface area contributed by atoms with Crippen LogP contribution in [0.4, 0.5) is 0 Å². The van der Waals surface area contributed by atoms with Gasteiger partial charge in [0, 0.05) is 25.3 Å². The molecule has 1 heterocycles. The lowest BCUT2D eigenvalue weighted by Gasteiger charge is -2.26. The largest absolute Gasteiger partial charge is 0.497 e. The molecule has 1 amide bonds. The van der Waals surface area contributed by atoms with E-state index in [-0.39, 0.29) is 17.8 Å². The molecular formula is C21H25NO6S. The molecule has 0 aromatic heterocycles. The third-order valence-electron chi connectivity index (χ3n) is 4.62. The molecule has 0 aliphatic carbocycles. The van der Waals surface area contributed by atoms with E-state index >= 15 is 0 Å². The van der Waals surface area contributed by atoms with Crippen molar-refractivity contribution < 1.29 is 26.9 Å². The second-order valence-electron chi connectivity index (χ2n) is 6.98. The fraction of sp³-hybridized carbons (Fsp3) is 0.381. The Bertz CT molecular complexity index is 919. The number of benzene rings is 2. The van der Waals surface area contributed by atoms with Crippen LogP contribution in [0.15, 0.2) is 48.5 Å². The highest BCUT2D eigenvalue weighted by Crippen LogP contribution is 2.20. The molecule has 0 bridgehead atoms. The molecule has 2 aromatic rings. The van der Waals surface area contributed by atoms with Crippen LogP contribution in [0.3, 0.4) is 0 Å². The van der Waals surface area contributed by atoms with Gasteiger partial charge in [-0.25, -0.2) is 0 Å². The Morgan fingerprint density at radius 2 is 1.76 bits per heavy atom. The van der Waals surface area contributed by atoms with Gasteiger partial charge in [-0.1, -0.05) is 12.1 Å². The summed E-state index contributed by atoms with van der Waals surface area (Å²) in [6, 6.07) is 13.7. The maximum absolute atomic E-state index is 13.1. The Morgan fingerprint density at radius 1 is 1.10 bits per heavy atom. The molecule has 1 aliphatic heterocycles. The summed E-state index contributed by atoms with van der Waals surface area (Å²) in [5.74, 6) is 0.830. The molecule has 1 aliphatic rings. The lowest BCUT2D eigenvalue weighted by atomic mass is 10.1. The van der Waals surface area contributed by atoms with E-state index < -0.39 is 10.1 Å². The zero-order valence-corrected chi connectivity index (χ0v) is 17.4. The van der Waals surface area contributed by atoms with Crippen molar-refractivity contribution in [1.29, 1.82) is 0 Å². The number of nitrogens with zero attached hydrogens (tertiary/aromatic N) is 1. The van der Waals surface area contributed by atoms with Gasteiger partial charge in [0.1, 0.15) is 11.5 Å². The summed E-state index contributed by atoms with van der Waals surface area (Å²) in [4.78, 5) is 14.9. The summed E-state index contributed by atoms with van der Waals surface area (Å²) >= 11 is 0. The van der Waals surface area contributed by atoms with E-state index in [9.17, 15) is 13.2 Å². The van der Waals surface area contributed by atoms with E-state index in [4.69, 9.17) is 13.7 Å². The Balaban J connectivity index is 1.76. The second-order valence-corrected chi connectivity index (χ2v) is 8.56. The summed E-state index contributed by atoms with van der Waals surface area (Å²) in [5, 5.41) is 0. The minimum absolute atomic E-state index is 0.0186. The number of carbonyl (C=O) groups is 1. The van der Waals surface area contributed by atoms with E-state index in [2.05, 4.69) is 0 Å². The van der Waals surface area contributed by atoms with Crippen molar-refractivity contribution in [2.45, 2.75) is 25.5 Å². The van der Waals surface area contributed by atoms with Gasteiger partial charge < -0.3 is 18.6 Å². The fourth-order valence-electron chi connectivity index (χ4n) is 3.22. The van der Waals surface area contributed by atoms with E-state index in [0.717, 1.165) is 24.7 Å². The maximum Gasteiger partial charge on any atom is 0.306 e. The Hall–Kier alpha value is -2.58. The molecule has 1 fully saturated rings. The van der Waals surface area contributed by atoms with Crippen molar-refractivity contribution in [2.24, 2.45) is 0 Å². The van der Waals surface area contributed by atoms with E-state index in [1.54, 1.807) is 60.5 Å². The van der Waals surface area contributed by atoms with Gasteiger partial charge in [-0.3, -0.25) is 4.79 Å². The van der Waals surface area contributed by atoms with Crippen LogP contribution in [0.1, 0.15) is 28.8 Å². The van der Waals surface area contributed by atoms with Crippen LogP contribution in [0.2, 0.25) is 0 Å². The van der Waals surface area contributed by atoms with Crippen LogP contribution in [0, 0.1) is 0 Å². The molecule has 1 saturated heterocycles. The predicted octanol–water partition coefficient (Wildman–Crippen LogP) is 2.86. The van der Waals surface area contributed by atoms with Crippen molar-refractivity contribution >= 4 is 16.0 Å². The van der Waals surface area contributed by atoms with Crippen molar-refractivity contribution in [3.63, 3.8) is 0 Å². The molecule has 7 nitrogen and oxygen atoms in total. The van der Waals surface area contributed by atoms with Crippen LogP contribution < -0.4 is 8.92 Å². The highest BCUT2D eigenvalue weighted by atomic mass is 32.2. The van der Waals surface area contributed by atoms with E-state index in [1.165, 1.54) is 0 Å². The van der Waals surface area contributed by atoms with E-state index in [0.29, 0.717) is 31.0 Å². The zero-order valence-electron chi connectivity index (χ0n) is 16.5. The number of hydrogen-bond donors (Lipinski definition) is 0. The summed E-state index contributed by atoms with van der Waals surface area (Å²) in [6.45, 7) is 1.59. The van der Waals surface area contributed by atoms with Gasteiger partial charge >= 0.3 is 10.1 Å². The highest BCUT2D eigenvalue weighted by Gasteiger charge is 2.24. The maximum atomic E-state index is 13.1. The number of carbonyl (C=O) groups excluding carboxylic acids is 1. The zero-order chi connectivity index (χ0) is 20.9. The van der Waals surface area contributed by atoms with Crippen molar-refractivity contribution in [2.75, 3.05) is 26.5 Å². The lowest BCUT2D eigenvalue weighted by Crippen LogP contribution is -2.37. The number of ether oxygens (including phenoxy) is 2. The molecule has 156 valence electrons. The molecule has 8 heteroatoms. The third kappa shape index (κ3) is 6.20. The van der Waals surface area contributed by atoms with Gasteiger partial charge in [0.25, 0.3) is 5.91 Å². The van der Waals surface area contributed by atoms with Gasteiger partial charge in [0.15, 0.2) is 0 Å². The summed E-state index contributed by atoms with van der Waals surface area (Å²) in [7, 11) is -1.99. The van der Waals surface area contributed by atoms with Gasteiger partial charge in [0.05, 0.1) is 19.5 Å². The summed E-state index contributed by atoms with van der Waals surface area (Å²) < 4.78 is 38.2. The summed E-state index contributed by atoms with van der Waals surface area (Å²) in [6.07, 6.45) is 2.93. The first-order chi connectivity index (χ1) is 13.8. The van der Waals surface area contributed by atoms with Crippen molar-refractivity contribution in [3.8, 4) is 11.5 Å². The minimum atomic E-state index is -3.58. The van der Waals surface area contributed by atoms with Gasteiger partial charge in [0.2, 0.25) is 0 Å². The number of rotatable bonds is 8. The van der Waals surface area contributed by atoms with Gasteiger partial charge in [-0.05, 0) is 54.8 Å². The molecule has 3 rings (SSSR count). The molecule has 1 atom stereocenters. The first kappa shape index (κ1) is 21.1. The lowest BCUT2D eigenvalue weighted by molar-refractivity contribution is 0.0507. The van der Waals surface area contributed by atoms with Crippen molar-refractivity contribution in [3.05, 3.63) is 59.7 Å². The molecule has 0 saturated carbocycles. The molecular weight excluding hydrogens is 394 g/mol. The van der Waals surface area contributed by atoms with Crippen LogP contribution >= 0.6 is 0 Å². The normalized spacial score (nSPS) is 16.4. The number of hydrogen-bond acceptors (Lipinski definition) is 6. The minimum Gasteiger partial charge on any atom is -0.497 e. The number of methoxy groups -OCH3 is 1. The van der Waals surface area contributed by atoms with Crippen LogP contribution in [-0.4, -0.2) is 51.8 Å². The number of amides is 1. The van der Waals surface area contributed by atoms with Gasteiger partial charge in [-0.2, -0.15) is 8.42 Å². The molecule has 2 aromatic carbocycles. The Kier molecular flexibility index (Phi) is 6.76. The SMILES string of the molecule is COc1ccc(C(=O)N(Cc2ccc(OS(C)(=O)=O)cc2)C[C@@H]2CCCO2)cc1. The predicted molar refractivity (Wildman–Crippen MR) is 109 cm³/mol. The molecule has 29 heavy (non-hydrogen) atoms. The van der Waals surface area contributed by atoms with E-state index in [1.807, 2.05) is 0 Å². The van der Waals surface area contributed by atoms with Gasteiger partial charge in [-0.15, -0.1) is 0 Å². The Morgan fingerprint density at radius 3 is 2.31 bits per heavy atom. The quantitative estimate of drug-likeness (QED) is 0.612. The topological polar surface area (TPSA) is 82.1 Å². The molecule has 0 radical (unpaired) electrons. The molecule has 0 N–H and O–H groups in total. The second kappa shape index (κ2) is 9.28. The fourth-order valence-corrected chi connectivity index (χ4v) is 3.68. The highest BCUT2D eigenvalue weighted by molar-refractivity contribution is 7.86. The average molecular weight is 419 g/mol. The third-order valence-corrected chi connectivity index (χ3v) is 5.11. The van der Waals surface area contributed by atoms with Crippen molar-refractivity contribution in [1.82, 2.24) is 4.90 Å². The first-order valence-electron chi connectivity index (χ1n) is 9.37. The van der Waals surface area contributed by atoms with Crippen LogP contribution in [0.25, 0.3) is 0 Å².